The third kappa shape index (κ3) is 3.03. The lowest BCUT2D eigenvalue weighted by Crippen LogP contribution is -2.09. The van der Waals surface area contributed by atoms with E-state index in [1.807, 2.05) is 25.1 Å². The van der Waals surface area contributed by atoms with Crippen molar-refractivity contribution in [2.24, 2.45) is 0 Å². The number of aromatic nitrogens is 2. The summed E-state index contributed by atoms with van der Waals surface area (Å²) in [5.41, 5.74) is 8.86. The average Bonchev–Trinajstić information content (AvgIpc) is 2.48. The van der Waals surface area contributed by atoms with Gasteiger partial charge in [-0.25, -0.2) is 9.78 Å². The minimum Gasteiger partial charge on any atom is -0.464 e. The highest BCUT2D eigenvalue weighted by Crippen LogP contribution is 2.16. The minimum absolute atomic E-state index is 0.168. The van der Waals surface area contributed by atoms with Crippen molar-refractivity contribution in [3.8, 4) is 0 Å². The topological polar surface area (TPSA) is 90.1 Å². The van der Waals surface area contributed by atoms with Crippen LogP contribution in [0.1, 0.15) is 21.6 Å². The molecular weight excluding hydrogens is 256 g/mol. The number of hydrogen-bond acceptors (Lipinski definition) is 6. The number of carbonyl (C=O) groups is 1. The molecule has 20 heavy (non-hydrogen) atoms. The van der Waals surface area contributed by atoms with Crippen LogP contribution in [0.2, 0.25) is 0 Å². The van der Waals surface area contributed by atoms with Crippen LogP contribution in [-0.2, 0) is 11.3 Å². The molecule has 0 saturated heterocycles. The van der Waals surface area contributed by atoms with E-state index in [2.05, 4.69) is 20.0 Å². The number of nitrogens with one attached hydrogen (secondary N) is 1. The van der Waals surface area contributed by atoms with E-state index in [1.165, 1.54) is 13.3 Å². The van der Waals surface area contributed by atoms with Gasteiger partial charge in [0.2, 0.25) is 0 Å². The molecule has 2 aromatic rings. The summed E-state index contributed by atoms with van der Waals surface area (Å²) in [6, 6.07) is 5.74. The van der Waals surface area contributed by atoms with Crippen molar-refractivity contribution in [3.63, 3.8) is 0 Å². The first-order valence-corrected chi connectivity index (χ1v) is 6.10. The molecule has 6 nitrogen and oxygen atoms in total. The van der Waals surface area contributed by atoms with Gasteiger partial charge in [0.25, 0.3) is 0 Å². The molecule has 0 fully saturated rings. The molecule has 1 aromatic carbocycles. The van der Waals surface area contributed by atoms with Gasteiger partial charge in [-0.05, 0) is 24.1 Å². The molecule has 104 valence electrons. The van der Waals surface area contributed by atoms with Gasteiger partial charge in [-0.2, -0.15) is 0 Å². The number of nitrogens with zero attached hydrogens (tertiary/aromatic N) is 2. The van der Waals surface area contributed by atoms with Crippen molar-refractivity contribution in [3.05, 3.63) is 47.4 Å². The maximum absolute atomic E-state index is 11.4. The minimum atomic E-state index is -0.513. The fourth-order valence-electron chi connectivity index (χ4n) is 1.73. The second-order valence-corrected chi connectivity index (χ2v) is 4.27. The molecule has 0 bridgehead atoms. The molecule has 0 radical (unpaired) electrons. The van der Waals surface area contributed by atoms with E-state index in [4.69, 9.17) is 5.73 Å². The van der Waals surface area contributed by atoms with Crippen LogP contribution in [0.3, 0.4) is 0 Å². The summed E-state index contributed by atoms with van der Waals surface area (Å²) in [6.07, 6.45) is 2.91. The number of anilines is 2. The number of hydrogen-bond donors (Lipinski definition) is 2. The highest BCUT2D eigenvalue weighted by molar-refractivity contribution is 5.87. The molecule has 0 aliphatic rings. The predicted octanol–water partition coefficient (Wildman–Crippen LogP) is 1.77. The zero-order valence-corrected chi connectivity index (χ0v) is 11.4. The number of nitrogen functional groups attached to an aromatic ring is 1. The monoisotopic (exact) mass is 272 g/mol. The Hall–Kier alpha value is -2.63. The number of rotatable bonds is 4. The van der Waals surface area contributed by atoms with Gasteiger partial charge in [0, 0.05) is 12.2 Å². The molecule has 2 rings (SSSR count). The number of carbonyl (C=O) groups excluding carboxylic acids is 1. The summed E-state index contributed by atoms with van der Waals surface area (Å²) in [7, 11) is 1.31. The molecule has 3 N–H and O–H groups in total. The number of ether oxygens (including phenoxy) is 1. The Bertz CT molecular complexity index is 628. The molecule has 0 saturated carbocycles. The summed E-state index contributed by atoms with van der Waals surface area (Å²) >= 11 is 0. The molecule has 0 unspecified atom stereocenters. The number of benzene rings is 1. The molecule has 0 atom stereocenters. The maximum Gasteiger partial charge on any atom is 0.358 e. The van der Waals surface area contributed by atoms with Crippen molar-refractivity contribution in [1.29, 1.82) is 0 Å². The van der Waals surface area contributed by atoms with Gasteiger partial charge in [-0.1, -0.05) is 12.1 Å². The third-order valence-corrected chi connectivity index (χ3v) is 2.98. The van der Waals surface area contributed by atoms with E-state index in [9.17, 15) is 4.79 Å². The molecule has 1 aromatic heterocycles. The van der Waals surface area contributed by atoms with Gasteiger partial charge in [0.1, 0.15) is 5.82 Å². The summed E-state index contributed by atoms with van der Waals surface area (Å²) in [6.45, 7) is 2.51. The summed E-state index contributed by atoms with van der Waals surface area (Å²) in [5.74, 6) is -0.00369. The molecule has 0 amide bonds. The average molecular weight is 272 g/mol. The zero-order valence-electron chi connectivity index (χ0n) is 11.4. The van der Waals surface area contributed by atoms with Gasteiger partial charge in [-0.3, -0.25) is 4.98 Å². The summed E-state index contributed by atoms with van der Waals surface area (Å²) < 4.78 is 4.60. The van der Waals surface area contributed by atoms with Gasteiger partial charge in [0.15, 0.2) is 5.69 Å². The quantitative estimate of drug-likeness (QED) is 0.651. The first-order chi connectivity index (χ1) is 9.61. The zero-order chi connectivity index (χ0) is 14.5. The Morgan fingerprint density at radius 3 is 2.95 bits per heavy atom. The van der Waals surface area contributed by atoms with Gasteiger partial charge >= 0.3 is 5.97 Å². The molecule has 1 heterocycles. The Labute approximate surface area is 117 Å². The lowest BCUT2D eigenvalue weighted by molar-refractivity contribution is 0.0593. The van der Waals surface area contributed by atoms with Crippen LogP contribution in [0, 0.1) is 6.92 Å². The second kappa shape index (κ2) is 6.01. The molecule has 0 spiro atoms. The van der Waals surface area contributed by atoms with Crippen LogP contribution in [0.5, 0.6) is 0 Å². The van der Waals surface area contributed by atoms with Crippen molar-refractivity contribution in [1.82, 2.24) is 9.97 Å². The highest BCUT2D eigenvalue weighted by atomic mass is 16.5. The molecule has 6 heteroatoms. The number of nitrogens with two attached hydrogens (primary N) is 1. The lowest BCUT2D eigenvalue weighted by atomic mass is 10.1. The number of methoxy groups -OCH3 is 1. The van der Waals surface area contributed by atoms with Crippen LogP contribution in [0.15, 0.2) is 30.6 Å². The fourth-order valence-corrected chi connectivity index (χ4v) is 1.73. The first-order valence-electron chi connectivity index (χ1n) is 6.10. The van der Waals surface area contributed by atoms with Gasteiger partial charge in [-0.15, -0.1) is 0 Å². The van der Waals surface area contributed by atoms with Crippen molar-refractivity contribution < 1.29 is 9.53 Å². The Morgan fingerprint density at radius 1 is 1.40 bits per heavy atom. The van der Waals surface area contributed by atoms with E-state index < -0.39 is 5.97 Å². The van der Waals surface area contributed by atoms with E-state index in [0.29, 0.717) is 12.4 Å². The van der Waals surface area contributed by atoms with E-state index in [1.54, 1.807) is 6.20 Å². The lowest BCUT2D eigenvalue weighted by Gasteiger charge is -2.10. The maximum atomic E-state index is 11.4. The van der Waals surface area contributed by atoms with E-state index >= 15 is 0 Å². The second-order valence-electron chi connectivity index (χ2n) is 4.27. The Balaban J connectivity index is 2.11. The van der Waals surface area contributed by atoms with Gasteiger partial charge in [0.05, 0.1) is 19.5 Å². The third-order valence-electron chi connectivity index (χ3n) is 2.98. The van der Waals surface area contributed by atoms with Crippen LogP contribution in [0.25, 0.3) is 0 Å². The van der Waals surface area contributed by atoms with E-state index in [-0.39, 0.29) is 5.69 Å². The smallest absolute Gasteiger partial charge is 0.358 e. The van der Waals surface area contributed by atoms with Crippen LogP contribution >= 0.6 is 0 Å². The normalized spacial score (nSPS) is 10.1. The molecule has 0 aliphatic heterocycles. The fraction of sp³-hybridized carbons (Fsp3) is 0.214. The predicted molar refractivity (Wildman–Crippen MR) is 76.3 cm³/mol. The van der Waals surface area contributed by atoms with Crippen LogP contribution < -0.4 is 11.1 Å². The van der Waals surface area contributed by atoms with Crippen molar-refractivity contribution >= 4 is 17.5 Å². The van der Waals surface area contributed by atoms with Gasteiger partial charge < -0.3 is 15.8 Å². The van der Waals surface area contributed by atoms with E-state index in [0.717, 1.165) is 16.8 Å². The van der Waals surface area contributed by atoms with Crippen molar-refractivity contribution in [2.75, 3.05) is 18.2 Å². The van der Waals surface area contributed by atoms with Crippen molar-refractivity contribution in [2.45, 2.75) is 13.5 Å². The molecular formula is C14H16N4O2. The number of esters is 1. The summed E-state index contributed by atoms with van der Waals surface area (Å²) in [4.78, 5) is 19.5. The van der Waals surface area contributed by atoms with Crippen LogP contribution in [-0.4, -0.2) is 23.0 Å². The Kier molecular flexibility index (Phi) is 4.14. The van der Waals surface area contributed by atoms with Crippen LogP contribution in [0.4, 0.5) is 11.5 Å². The summed E-state index contributed by atoms with van der Waals surface area (Å²) in [5, 5.41) is 3.11. The SMILES string of the molecule is COC(=O)c1cncc(NCc2cccc(N)c2C)n1. The Morgan fingerprint density at radius 2 is 2.20 bits per heavy atom. The standard InChI is InChI=1S/C14H16N4O2/c1-9-10(4-3-5-11(9)15)6-17-13-8-16-7-12(18-13)14(19)20-2/h3-5,7-8H,6,15H2,1-2H3,(H,17,18). The largest absolute Gasteiger partial charge is 0.464 e. The first kappa shape index (κ1) is 13.8. The highest BCUT2D eigenvalue weighted by Gasteiger charge is 2.08. The molecule has 0 aliphatic carbocycles.